The van der Waals surface area contributed by atoms with E-state index in [1.165, 1.54) is 30.1 Å². The van der Waals surface area contributed by atoms with Gasteiger partial charge in [0.25, 0.3) is 0 Å². The van der Waals surface area contributed by atoms with E-state index >= 15 is 0 Å². The van der Waals surface area contributed by atoms with Gasteiger partial charge < -0.3 is 10.2 Å². The molecule has 1 aromatic carbocycles. The monoisotopic (exact) mass is 342 g/mol. The molecule has 0 saturated heterocycles. The molecule has 0 radical (unpaired) electrons. The summed E-state index contributed by atoms with van der Waals surface area (Å²) in [6, 6.07) is 9.98. The summed E-state index contributed by atoms with van der Waals surface area (Å²) < 4.78 is 0. The van der Waals surface area contributed by atoms with Crippen molar-refractivity contribution in [1.82, 2.24) is 20.2 Å². The maximum Gasteiger partial charge on any atom is 0.240 e. The van der Waals surface area contributed by atoms with Crippen LogP contribution >= 0.6 is 11.8 Å². The van der Waals surface area contributed by atoms with Crippen molar-refractivity contribution >= 4 is 23.9 Å². The van der Waals surface area contributed by atoms with Gasteiger partial charge in [-0.15, -0.1) is 5.10 Å². The van der Waals surface area contributed by atoms with E-state index in [0.717, 1.165) is 5.69 Å². The van der Waals surface area contributed by atoms with E-state index in [0.29, 0.717) is 22.4 Å². The third-order valence-electron chi connectivity index (χ3n) is 2.93. The Labute approximate surface area is 141 Å². The topological polar surface area (TPSA) is 119 Å². The second-order valence-electron chi connectivity index (χ2n) is 4.69. The highest BCUT2D eigenvalue weighted by Crippen LogP contribution is 2.21. The number of phenolic OH excluding ortho intramolecular Hbond substituents is 2. The molecule has 9 heteroatoms. The molecule has 0 bridgehead atoms. The predicted octanol–water partition coefficient (Wildman–Crippen LogP) is 2.35. The zero-order chi connectivity index (χ0) is 16.8. The quantitative estimate of drug-likeness (QED) is 0.308. The average molecular weight is 342 g/mol. The van der Waals surface area contributed by atoms with Gasteiger partial charge in [0.1, 0.15) is 11.5 Å². The van der Waals surface area contributed by atoms with Gasteiger partial charge >= 0.3 is 0 Å². The molecule has 0 aliphatic carbocycles. The molecule has 0 saturated carbocycles. The van der Waals surface area contributed by atoms with Crippen LogP contribution in [0.15, 0.2) is 52.9 Å². The van der Waals surface area contributed by atoms with Gasteiger partial charge in [-0.1, -0.05) is 17.8 Å². The molecule has 122 valence electrons. The number of aromatic amines is 1. The lowest BCUT2D eigenvalue weighted by Gasteiger charge is -1.99. The largest absolute Gasteiger partial charge is 0.508 e. The Kier molecular flexibility index (Phi) is 4.92. The number of phenols is 2. The summed E-state index contributed by atoms with van der Waals surface area (Å²) in [6.07, 6.45) is 3.16. The molecule has 0 spiro atoms. The van der Waals surface area contributed by atoms with Crippen LogP contribution in [0, 0.1) is 0 Å². The van der Waals surface area contributed by atoms with Crippen molar-refractivity contribution in [3.8, 4) is 11.5 Å². The van der Waals surface area contributed by atoms with Gasteiger partial charge in [0.05, 0.1) is 11.9 Å². The number of hydrazone groups is 1. The van der Waals surface area contributed by atoms with E-state index in [9.17, 15) is 10.2 Å². The SMILES string of the molecule is Oc1ccc(/C=N\Nc2nc(SCc3ccccn3)n[nH]2)c(O)c1. The normalized spacial score (nSPS) is 11.0. The Hall–Kier alpha value is -3.07. The van der Waals surface area contributed by atoms with E-state index in [-0.39, 0.29) is 11.5 Å². The lowest BCUT2D eigenvalue weighted by molar-refractivity contribution is 0.450. The van der Waals surface area contributed by atoms with E-state index in [1.807, 2.05) is 18.2 Å². The molecule has 0 fully saturated rings. The Bertz CT molecular complexity index is 837. The van der Waals surface area contributed by atoms with Gasteiger partial charge in [-0.05, 0) is 24.3 Å². The van der Waals surface area contributed by atoms with Crippen molar-refractivity contribution < 1.29 is 10.2 Å². The van der Waals surface area contributed by atoms with Crippen LogP contribution in [0.25, 0.3) is 0 Å². The van der Waals surface area contributed by atoms with Crippen molar-refractivity contribution in [2.45, 2.75) is 10.9 Å². The number of aromatic nitrogens is 4. The number of hydrogen-bond donors (Lipinski definition) is 4. The number of nitrogens with one attached hydrogen (secondary N) is 2. The Balaban J connectivity index is 1.55. The molecule has 2 heterocycles. The number of pyridine rings is 1. The van der Waals surface area contributed by atoms with Crippen LogP contribution in [0.1, 0.15) is 11.3 Å². The molecule has 0 aliphatic rings. The minimum Gasteiger partial charge on any atom is -0.508 e. The Morgan fingerprint density at radius 3 is 2.96 bits per heavy atom. The molecule has 2 aromatic heterocycles. The number of nitrogens with zero attached hydrogens (tertiary/aromatic N) is 4. The summed E-state index contributed by atoms with van der Waals surface area (Å²) >= 11 is 1.45. The highest BCUT2D eigenvalue weighted by Gasteiger charge is 2.04. The molecule has 24 heavy (non-hydrogen) atoms. The number of benzene rings is 1. The smallest absolute Gasteiger partial charge is 0.240 e. The predicted molar refractivity (Wildman–Crippen MR) is 91.2 cm³/mol. The van der Waals surface area contributed by atoms with Crippen molar-refractivity contribution in [1.29, 1.82) is 0 Å². The van der Waals surface area contributed by atoms with Gasteiger partial charge in [-0.3, -0.25) is 4.98 Å². The van der Waals surface area contributed by atoms with Crippen LogP contribution in [0.2, 0.25) is 0 Å². The van der Waals surface area contributed by atoms with Crippen molar-refractivity contribution in [3.05, 3.63) is 53.9 Å². The zero-order valence-corrected chi connectivity index (χ0v) is 13.2. The van der Waals surface area contributed by atoms with Crippen LogP contribution in [0.3, 0.4) is 0 Å². The van der Waals surface area contributed by atoms with Crippen LogP contribution in [0.4, 0.5) is 5.95 Å². The van der Waals surface area contributed by atoms with E-state index in [4.69, 9.17) is 0 Å². The van der Waals surface area contributed by atoms with E-state index in [2.05, 4.69) is 30.7 Å². The maximum absolute atomic E-state index is 9.65. The van der Waals surface area contributed by atoms with Gasteiger partial charge in [-0.25, -0.2) is 10.5 Å². The van der Waals surface area contributed by atoms with Crippen molar-refractivity contribution in [3.63, 3.8) is 0 Å². The standard InChI is InChI=1S/C15H14N6O2S/c22-12-5-4-10(13(23)7-12)8-17-19-14-18-15(21-20-14)24-9-11-3-1-2-6-16-11/h1-8,22-23H,9H2,(H2,18,19,20,21)/b17-8-. The fourth-order valence-electron chi connectivity index (χ4n) is 1.79. The first-order valence-electron chi connectivity index (χ1n) is 6.97. The molecular weight excluding hydrogens is 328 g/mol. The number of anilines is 1. The van der Waals surface area contributed by atoms with Gasteiger partial charge in [0.2, 0.25) is 11.1 Å². The number of H-pyrrole nitrogens is 1. The highest BCUT2D eigenvalue weighted by molar-refractivity contribution is 7.98. The third-order valence-corrected chi connectivity index (χ3v) is 3.81. The first kappa shape index (κ1) is 15.8. The summed E-state index contributed by atoms with van der Waals surface area (Å²) in [6.45, 7) is 0. The molecule has 0 atom stereocenters. The second kappa shape index (κ2) is 7.47. The second-order valence-corrected chi connectivity index (χ2v) is 5.63. The van der Waals surface area contributed by atoms with Crippen LogP contribution in [-0.2, 0) is 5.75 Å². The minimum atomic E-state index is -0.0651. The Morgan fingerprint density at radius 2 is 2.17 bits per heavy atom. The average Bonchev–Trinajstić information content (AvgIpc) is 3.04. The summed E-state index contributed by atoms with van der Waals surface area (Å²) in [5.41, 5.74) is 4.10. The number of hydrogen-bond acceptors (Lipinski definition) is 8. The van der Waals surface area contributed by atoms with Crippen LogP contribution < -0.4 is 5.43 Å². The van der Waals surface area contributed by atoms with Crippen molar-refractivity contribution in [2.24, 2.45) is 5.10 Å². The molecule has 0 unspecified atom stereocenters. The minimum absolute atomic E-state index is 0.0117. The van der Waals surface area contributed by atoms with Crippen molar-refractivity contribution in [2.75, 3.05) is 5.43 Å². The maximum atomic E-state index is 9.65. The number of thioether (sulfide) groups is 1. The fraction of sp³-hybridized carbons (Fsp3) is 0.0667. The lowest BCUT2D eigenvalue weighted by Crippen LogP contribution is -1.92. The summed E-state index contributed by atoms with van der Waals surface area (Å²) in [5, 5.41) is 30.2. The molecule has 3 aromatic rings. The molecule has 8 nitrogen and oxygen atoms in total. The molecule has 0 amide bonds. The van der Waals surface area contributed by atoms with E-state index in [1.54, 1.807) is 12.3 Å². The summed E-state index contributed by atoms with van der Waals surface area (Å²) in [4.78, 5) is 8.47. The van der Waals surface area contributed by atoms with Gasteiger partial charge in [-0.2, -0.15) is 10.1 Å². The number of rotatable bonds is 6. The summed E-state index contributed by atoms with van der Waals surface area (Å²) in [7, 11) is 0. The summed E-state index contributed by atoms with van der Waals surface area (Å²) in [5.74, 6) is 0.975. The van der Waals surface area contributed by atoms with Crippen LogP contribution in [-0.4, -0.2) is 36.6 Å². The molecular formula is C15H14N6O2S. The third kappa shape index (κ3) is 4.23. The van der Waals surface area contributed by atoms with Gasteiger partial charge in [0, 0.05) is 23.6 Å². The molecule has 3 rings (SSSR count). The first-order chi connectivity index (χ1) is 11.7. The lowest BCUT2D eigenvalue weighted by atomic mass is 10.2. The molecule has 4 N–H and O–H groups in total. The Morgan fingerprint density at radius 1 is 1.25 bits per heavy atom. The van der Waals surface area contributed by atoms with Crippen LogP contribution in [0.5, 0.6) is 11.5 Å². The van der Waals surface area contributed by atoms with Gasteiger partial charge in [0.15, 0.2) is 0 Å². The van der Waals surface area contributed by atoms with E-state index < -0.39 is 0 Å². The zero-order valence-electron chi connectivity index (χ0n) is 12.4. The highest BCUT2D eigenvalue weighted by atomic mass is 32.2. The molecule has 0 aliphatic heterocycles. The first-order valence-corrected chi connectivity index (χ1v) is 7.95. The fourth-order valence-corrected chi connectivity index (χ4v) is 2.50. The number of aromatic hydroxyl groups is 2.